The first-order chi connectivity index (χ1) is 16.5. The van der Waals surface area contributed by atoms with Crippen LogP contribution in [0.5, 0.6) is 0 Å². The normalized spacial score (nSPS) is 19.3. The van der Waals surface area contributed by atoms with Crippen molar-refractivity contribution in [2.45, 2.75) is 19.0 Å². The average Bonchev–Trinajstić information content (AvgIpc) is 3.07. The quantitative estimate of drug-likeness (QED) is 0.145. The number of carbonyl (C=O) groups excluding carboxylic acids is 3. The van der Waals surface area contributed by atoms with Gasteiger partial charge in [0.2, 0.25) is 0 Å². The molecule has 178 valence electrons. The Labute approximate surface area is 223 Å². The van der Waals surface area contributed by atoms with Crippen LogP contribution in [0.1, 0.15) is 37.9 Å². The Morgan fingerprint density at radius 3 is 1.89 bits per heavy atom. The third-order valence-electron chi connectivity index (χ3n) is 6.10. The molecule has 0 bridgehead atoms. The van der Waals surface area contributed by atoms with Crippen molar-refractivity contribution in [3.05, 3.63) is 95.6 Å². The lowest BCUT2D eigenvalue weighted by Crippen LogP contribution is -2.67. The number of hydrogen-bond donors (Lipinski definition) is 0. The van der Waals surface area contributed by atoms with E-state index < -0.39 is 35.6 Å². The molecule has 3 aromatic rings. The molecule has 0 saturated carbocycles. The van der Waals surface area contributed by atoms with Crippen molar-refractivity contribution in [2.75, 3.05) is 4.90 Å². The highest BCUT2D eigenvalue weighted by molar-refractivity contribution is 6.55. The van der Waals surface area contributed by atoms with Crippen LogP contribution in [0.2, 0.25) is 25.1 Å². The van der Waals surface area contributed by atoms with Crippen LogP contribution in [0.4, 0.5) is 10.1 Å². The molecule has 0 unspecified atom stereocenters. The molecule has 3 amide bonds. The summed E-state index contributed by atoms with van der Waals surface area (Å²) < 4.78 is 14.2. The third-order valence-corrected chi connectivity index (χ3v) is 8.31. The van der Waals surface area contributed by atoms with Crippen molar-refractivity contribution in [2.24, 2.45) is 0 Å². The summed E-state index contributed by atoms with van der Waals surface area (Å²) >= 11 is 30.9. The van der Waals surface area contributed by atoms with Crippen molar-refractivity contribution < 1.29 is 18.8 Å². The van der Waals surface area contributed by atoms with Gasteiger partial charge in [-0.25, -0.2) is 4.39 Å². The summed E-state index contributed by atoms with van der Waals surface area (Å²) in [6.07, 6.45) is 0. The number of rotatable bonds is 3. The molecular formula is C24H12Cl5FN2O3. The molecule has 0 radical (unpaired) electrons. The lowest BCUT2D eigenvalue weighted by atomic mass is 9.86. The predicted octanol–water partition coefficient (Wildman–Crippen LogP) is 7.15. The van der Waals surface area contributed by atoms with E-state index in [1.54, 1.807) is 31.2 Å². The Hall–Kier alpha value is -2.35. The van der Waals surface area contributed by atoms with Gasteiger partial charge in [-0.15, -0.1) is 0 Å². The van der Waals surface area contributed by atoms with E-state index in [2.05, 4.69) is 0 Å². The summed E-state index contributed by atoms with van der Waals surface area (Å²) in [5, 5.41) is -0.433. The topological polar surface area (TPSA) is 57.7 Å². The fourth-order valence-corrected chi connectivity index (χ4v) is 5.57. The Bertz CT molecular complexity index is 1430. The number of carbonyl (C=O) groups is 3. The number of nitrogens with zero attached hydrogens (tertiary/aromatic N) is 2. The van der Waals surface area contributed by atoms with Crippen LogP contribution < -0.4 is 4.90 Å². The number of benzene rings is 3. The fraction of sp³-hybridized carbons (Fsp3) is 0.125. The SMILES string of the molecule is Cc1ccc(N2C(=O)[C@@H](N3C(=O)c4c(Cl)c(Cl)c(Cl)c(Cl)c4C3=O)[C@@H]2c2cccc(F)c2)cc1Cl. The van der Waals surface area contributed by atoms with Gasteiger partial charge in [0.25, 0.3) is 17.7 Å². The molecule has 2 heterocycles. The van der Waals surface area contributed by atoms with Gasteiger partial charge >= 0.3 is 0 Å². The van der Waals surface area contributed by atoms with Gasteiger partial charge in [0, 0.05) is 10.7 Å². The zero-order valence-electron chi connectivity index (χ0n) is 17.6. The minimum absolute atomic E-state index is 0.183. The molecule has 35 heavy (non-hydrogen) atoms. The van der Waals surface area contributed by atoms with Crippen molar-refractivity contribution in [1.29, 1.82) is 0 Å². The first kappa shape index (κ1) is 24.3. The molecule has 0 spiro atoms. The molecule has 5 rings (SSSR count). The number of imide groups is 1. The van der Waals surface area contributed by atoms with Gasteiger partial charge in [-0.05, 0) is 42.3 Å². The summed E-state index contributed by atoms with van der Waals surface area (Å²) in [4.78, 5) is 42.4. The maximum absolute atomic E-state index is 14.2. The van der Waals surface area contributed by atoms with Crippen molar-refractivity contribution in [3.63, 3.8) is 0 Å². The Morgan fingerprint density at radius 1 is 0.743 bits per heavy atom. The Kier molecular flexibility index (Phi) is 6.01. The Morgan fingerprint density at radius 2 is 1.34 bits per heavy atom. The van der Waals surface area contributed by atoms with E-state index in [0.29, 0.717) is 16.3 Å². The van der Waals surface area contributed by atoms with Crippen LogP contribution in [-0.2, 0) is 4.79 Å². The molecule has 5 nitrogen and oxygen atoms in total. The van der Waals surface area contributed by atoms with Crippen molar-refractivity contribution in [3.8, 4) is 0 Å². The molecule has 0 aliphatic carbocycles. The second-order valence-corrected chi connectivity index (χ2v) is 9.99. The van der Waals surface area contributed by atoms with Crippen LogP contribution in [0.25, 0.3) is 0 Å². The van der Waals surface area contributed by atoms with Crippen LogP contribution in [0, 0.1) is 12.7 Å². The van der Waals surface area contributed by atoms with E-state index in [-0.39, 0.29) is 31.2 Å². The number of fused-ring (bicyclic) bond motifs is 1. The Balaban J connectivity index is 1.65. The molecule has 3 aromatic carbocycles. The lowest BCUT2D eigenvalue weighted by Gasteiger charge is -2.49. The van der Waals surface area contributed by atoms with Gasteiger partial charge in [0.1, 0.15) is 11.9 Å². The number of anilines is 1. The van der Waals surface area contributed by atoms with Gasteiger partial charge in [-0.2, -0.15) is 0 Å². The number of halogens is 6. The summed E-state index contributed by atoms with van der Waals surface area (Å²) in [6.45, 7) is 1.80. The first-order valence-corrected chi connectivity index (χ1v) is 12.0. The van der Waals surface area contributed by atoms with E-state index in [1.165, 1.54) is 23.1 Å². The standard InChI is InChI=1S/C24H12Cl5FN2O3/c1-9-5-6-12(8-13(9)25)31-20(10-3-2-4-11(30)7-10)21(24(31)35)32-22(33)14-15(23(32)34)17(27)19(29)18(28)16(14)26/h2-8,20-21H,1H3/t20-,21-/m0/s1. The molecule has 2 aliphatic heterocycles. The average molecular weight is 573 g/mol. The number of amides is 3. The van der Waals surface area contributed by atoms with Crippen molar-refractivity contribution in [1.82, 2.24) is 4.90 Å². The molecule has 0 aromatic heterocycles. The van der Waals surface area contributed by atoms with E-state index >= 15 is 0 Å². The molecule has 1 fully saturated rings. The number of β-lactam (4-membered cyclic amide) rings is 1. The van der Waals surface area contributed by atoms with Crippen molar-refractivity contribution >= 4 is 81.4 Å². The molecule has 2 aliphatic rings. The third kappa shape index (κ3) is 3.54. The number of hydrogen-bond acceptors (Lipinski definition) is 3. The molecule has 2 atom stereocenters. The second kappa shape index (κ2) is 8.64. The fourth-order valence-electron chi connectivity index (χ4n) is 4.39. The van der Waals surface area contributed by atoms with Crippen LogP contribution in [0.15, 0.2) is 42.5 Å². The van der Waals surface area contributed by atoms with Crippen LogP contribution in [0.3, 0.4) is 0 Å². The van der Waals surface area contributed by atoms with Gasteiger partial charge in [-0.1, -0.05) is 76.2 Å². The maximum atomic E-state index is 14.2. The minimum Gasteiger partial charge on any atom is -0.300 e. The van der Waals surface area contributed by atoms with Gasteiger partial charge in [0.05, 0.1) is 37.3 Å². The molecule has 1 saturated heterocycles. The first-order valence-electron chi connectivity index (χ1n) is 10.1. The van der Waals surface area contributed by atoms with E-state index in [9.17, 15) is 18.8 Å². The lowest BCUT2D eigenvalue weighted by molar-refractivity contribution is -0.130. The second-order valence-electron chi connectivity index (χ2n) is 8.07. The van der Waals surface area contributed by atoms with Gasteiger partial charge < -0.3 is 4.90 Å². The summed E-state index contributed by atoms with van der Waals surface area (Å²) in [6, 6.07) is 8.35. The smallest absolute Gasteiger partial charge is 0.264 e. The van der Waals surface area contributed by atoms with E-state index in [1.807, 2.05) is 0 Å². The highest BCUT2D eigenvalue weighted by Gasteiger charge is 2.58. The highest BCUT2D eigenvalue weighted by atomic mass is 35.5. The zero-order chi connectivity index (χ0) is 25.3. The predicted molar refractivity (Wildman–Crippen MR) is 134 cm³/mol. The summed E-state index contributed by atoms with van der Waals surface area (Å²) in [7, 11) is 0. The van der Waals surface area contributed by atoms with E-state index in [0.717, 1.165) is 10.5 Å². The molecular weight excluding hydrogens is 561 g/mol. The van der Waals surface area contributed by atoms with Gasteiger partial charge in [0.15, 0.2) is 0 Å². The molecule has 11 heteroatoms. The van der Waals surface area contributed by atoms with E-state index in [4.69, 9.17) is 58.0 Å². The van der Waals surface area contributed by atoms with Crippen LogP contribution in [-0.4, -0.2) is 28.7 Å². The largest absolute Gasteiger partial charge is 0.300 e. The summed E-state index contributed by atoms with van der Waals surface area (Å²) in [5.74, 6) is -2.82. The summed E-state index contributed by atoms with van der Waals surface area (Å²) in [5.41, 5.74) is 1.11. The molecule has 0 N–H and O–H groups in total. The number of aryl methyl sites for hydroxylation is 1. The van der Waals surface area contributed by atoms with Gasteiger partial charge in [-0.3, -0.25) is 19.3 Å². The monoisotopic (exact) mass is 570 g/mol. The highest BCUT2D eigenvalue weighted by Crippen LogP contribution is 2.49. The van der Waals surface area contributed by atoms with Crippen LogP contribution >= 0.6 is 58.0 Å². The maximum Gasteiger partial charge on any atom is 0.264 e. The zero-order valence-corrected chi connectivity index (χ0v) is 21.4. The minimum atomic E-state index is -1.30.